The van der Waals surface area contributed by atoms with E-state index in [2.05, 4.69) is 10.3 Å². The summed E-state index contributed by atoms with van der Waals surface area (Å²) in [6, 6.07) is 7.85. The molecular weight excluding hydrogens is 332 g/mol. The number of piperidine rings is 1. The highest BCUT2D eigenvalue weighted by atomic mass is 16.2. The van der Waals surface area contributed by atoms with Gasteiger partial charge in [-0.2, -0.15) is 0 Å². The van der Waals surface area contributed by atoms with Gasteiger partial charge >= 0.3 is 0 Å². The first-order chi connectivity index (χ1) is 12.6. The lowest BCUT2D eigenvalue weighted by molar-refractivity contribution is -0.124. The molecule has 0 unspecified atom stereocenters. The second-order valence-corrected chi connectivity index (χ2v) is 6.95. The molecule has 0 radical (unpaired) electrons. The van der Waals surface area contributed by atoms with E-state index in [9.17, 15) is 9.59 Å². The van der Waals surface area contributed by atoms with E-state index in [4.69, 9.17) is 5.73 Å². The summed E-state index contributed by atoms with van der Waals surface area (Å²) >= 11 is 0. The molecule has 136 valence electrons. The molecule has 2 N–H and O–H groups in total. The predicted molar refractivity (Wildman–Crippen MR) is 95.7 cm³/mol. The number of likely N-dealkylation sites (N-methyl/N-ethyl adjacent to an activating group) is 1. The van der Waals surface area contributed by atoms with Crippen molar-refractivity contribution in [3.8, 4) is 0 Å². The SMILES string of the molecule is CN1C(=O)[C@]2(CCCN(C(=O)c3cn(CCN)nn3)C2)c2ccccc21. The van der Waals surface area contributed by atoms with Crippen LogP contribution in [-0.2, 0) is 16.8 Å². The lowest BCUT2D eigenvalue weighted by Crippen LogP contribution is -2.53. The lowest BCUT2D eigenvalue weighted by Gasteiger charge is -2.39. The van der Waals surface area contributed by atoms with E-state index in [1.807, 2.05) is 24.3 Å². The van der Waals surface area contributed by atoms with E-state index >= 15 is 0 Å². The van der Waals surface area contributed by atoms with Crippen molar-refractivity contribution in [2.75, 3.05) is 31.6 Å². The number of amides is 2. The number of likely N-dealkylation sites (tertiary alicyclic amines) is 1. The van der Waals surface area contributed by atoms with E-state index < -0.39 is 5.41 Å². The van der Waals surface area contributed by atoms with Crippen LogP contribution in [-0.4, -0.2) is 58.4 Å². The van der Waals surface area contributed by atoms with Gasteiger partial charge in [0, 0.05) is 32.4 Å². The van der Waals surface area contributed by atoms with Crippen LogP contribution < -0.4 is 10.6 Å². The van der Waals surface area contributed by atoms with Crippen molar-refractivity contribution in [2.24, 2.45) is 5.73 Å². The summed E-state index contributed by atoms with van der Waals surface area (Å²) in [4.78, 5) is 29.4. The minimum atomic E-state index is -0.660. The van der Waals surface area contributed by atoms with Crippen LogP contribution in [0.5, 0.6) is 0 Å². The third-order valence-corrected chi connectivity index (χ3v) is 5.39. The lowest BCUT2D eigenvalue weighted by atomic mass is 9.75. The van der Waals surface area contributed by atoms with E-state index in [-0.39, 0.29) is 11.8 Å². The third kappa shape index (κ3) is 2.40. The molecule has 2 aromatic rings. The van der Waals surface area contributed by atoms with Gasteiger partial charge in [0.05, 0.1) is 18.2 Å². The van der Waals surface area contributed by atoms with Crippen LogP contribution in [0, 0.1) is 0 Å². The number of nitrogens with two attached hydrogens (primary N) is 1. The molecule has 1 saturated heterocycles. The Morgan fingerprint density at radius 1 is 1.35 bits per heavy atom. The number of nitrogens with zero attached hydrogens (tertiary/aromatic N) is 5. The molecular formula is C18H22N6O2. The van der Waals surface area contributed by atoms with Gasteiger partial charge in [0.1, 0.15) is 0 Å². The van der Waals surface area contributed by atoms with Crippen LogP contribution in [0.4, 0.5) is 5.69 Å². The molecule has 1 atom stereocenters. The molecule has 1 spiro atoms. The Labute approximate surface area is 151 Å². The number of para-hydroxylation sites is 1. The highest BCUT2D eigenvalue weighted by Gasteiger charge is 2.52. The summed E-state index contributed by atoms with van der Waals surface area (Å²) < 4.78 is 1.57. The van der Waals surface area contributed by atoms with Crippen molar-refractivity contribution in [1.29, 1.82) is 0 Å². The number of rotatable bonds is 3. The van der Waals surface area contributed by atoms with Crippen molar-refractivity contribution in [2.45, 2.75) is 24.8 Å². The second-order valence-electron chi connectivity index (χ2n) is 6.95. The summed E-state index contributed by atoms with van der Waals surface area (Å²) in [6.45, 7) is 1.93. The van der Waals surface area contributed by atoms with Gasteiger partial charge in [-0.1, -0.05) is 23.4 Å². The fourth-order valence-corrected chi connectivity index (χ4v) is 4.14. The standard InChI is InChI=1S/C18H22N6O2/c1-22-15-6-3-2-5-13(15)18(17(22)26)7-4-9-23(12-18)16(25)14-11-24(10-8-19)21-20-14/h2-3,5-6,11H,4,7-10,12,19H2,1H3/t18-/m0/s1. The molecule has 1 aromatic heterocycles. The zero-order valence-electron chi connectivity index (χ0n) is 14.8. The summed E-state index contributed by atoms with van der Waals surface area (Å²) in [7, 11) is 1.80. The zero-order chi connectivity index (χ0) is 18.3. The van der Waals surface area contributed by atoms with Crippen LogP contribution in [0.1, 0.15) is 28.9 Å². The number of carbonyl (C=O) groups excluding carboxylic acids is 2. The molecule has 1 fully saturated rings. The quantitative estimate of drug-likeness (QED) is 0.860. The molecule has 1 aromatic carbocycles. The highest BCUT2D eigenvalue weighted by molar-refractivity contribution is 6.08. The van der Waals surface area contributed by atoms with Crippen molar-refractivity contribution in [3.63, 3.8) is 0 Å². The summed E-state index contributed by atoms with van der Waals surface area (Å²) in [5.41, 5.74) is 7.09. The molecule has 4 rings (SSSR count). The van der Waals surface area contributed by atoms with Crippen LogP contribution in [0.25, 0.3) is 0 Å². The van der Waals surface area contributed by atoms with Gasteiger partial charge in [0.25, 0.3) is 5.91 Å². The normalized spacial score (nSPS) is 22.2. The van der Waals surface area contributed by atoms with Gasteiger partial charge in [0.15, 0.2) is 5.69 Å². The zero-order valence-corrected chi connectivity index (χ0v) is 14.8. The minimum absolute atomic E-state index is 0.0583. The smallest absolute Gasteiger partial charge is 0.276 e. The Hall–Kier alpha value is -2.74. The predicted octanol–water partition coefficient (Wildman–Crippen LogP) is 0.387. The van der Waals surface area contributed by atoms with Crippen molar-refractivity contribution < 1.29 is 9.59 Å². The number of benzene rings is 1. The molecule has 2 aliphatic rings. The van der Waals surface area contributed by atoms with Gasteiger partial charge in [0.2, 0.25) is 5.91 Å². The van der Waals surface area contributed by atoms with Crippen LogP contribution in [0.15, 0.2) is 30.5 Å². The molecule has 2 aliphatic heterocycles. The summed E-state index contributed by atoms with van der Waals surface area (Å²) in [5, 5.41) is 7.91. The Kier molecular flexibility index (Phi) is 3.99. The van der Waals surface area contributed by atoms with Gasteiger partial charge < -0.3 is 15.5 Å². The number of hydrogen-bond donors (Lipinski definition) is 1. The second kappa shape index (κ2) is 6.21. The Bertz CT molecular complexity index is 863. The number of fused-ring (bicyclic) bond motifs is 2. The van der Waals surface area contributed by atoms with Crippen LogP contribution in [0.2, 0.25) is 0 Å². The molecule has 8 heteroatoms. The van der Waals surface area contributed by atoms with Gasteiger partial charge in [-0.05, 0) is 24.5 Å². The summed E-state index contributed by atoms with van der Waals surface area (Å²) in [5.74, 6) is -0.129. The molecule has 2 amide bonds. The molecule has 3 heterocycles. The Morgan fingerprint density at radius 2 is 2.15 bits per heavy atom. The molecule has 0 saturated carbocycles. The van der Waals surface area contributed by atoms with Crippen LogP contribution >= 0.6 is 0 Å². The molecule has 8 nitrogen and oxygen atoms in total. The Morgan fingerprint density at radius 3 is 2.96 bits per heavy atom. The fourth-order valence-electron chi connectivity index (χ4n) is 4.14. The Balaban J connectivity index is 1.63. The number of hydrogen-bond acceptors (Lipinski definition) is 5. The van der Waals surface area contributed by atoms with Gasteiger partial charge in [-0.25, -0.2) is 0 Å². The van der Waals surface area contributed by atoms with Gasteiger partial charge in [-0.15, -0.1) is 5.10 Å². The van der Waals surface area contributed by atoms with Crippen LogP contribution in [0.3, 0.4) is 0 Å². The van der Waals surface area contributed by atoms with E-state index in [0.29, 0.717) is 31.9 Å². The van der Waals surface area contributed by atoms with E-state index in [0.717, 1.165) is 24.1 Å². The average molecular weight is 354 g/mol. The number of aromatic nitrogens is 3. The monoisotopic (exact) mass is 354 g/mol. The highest BCUT2D eigenvalue weighted by Crippen LogP contribution is 2.46. The third-order valence-electron chi connectivity index (χ3n) is 5.39. The summed E-state index contributed by atoms with van der Waals surface area (Å²) in [6.07, 6.45) is 3.14. The largest absolute Gasteiger partial charge is 0.336 e. The maximum Gasteiger partial charge on any atom is 0.276 e. The first kappa shape index (κ1) is 16.7. The first-order valence-corrected chi connectivity index (χ1v) is 8.84. The first-order valence-electron chi connectivity index (χ1n) is 8.84. The number of carbonyl (C=O) groups is 2. The van der Waals surface area contributed by atoms with Crippen molar-refractivity contribution in [1.82, 2.24) is 19.9 Å². The maximum atomic E-state index is 13.1. The molecule has 0 aliphatic carbocycles. The maximum absolute atomic E-state index is 13.1. The average Bonchev–Trinajstić information content (AvgIpc) is 3.21. The molecule has 26 heavy (non-hydrogen) atoms. The van der Waals surface area contributed by atoms with Crippen molar-refractivity contribution >= 4 is 17.5 Å². The number of anilines is 1. The fraction of sp³-hybridized carbons (Fsp3) is 0.444. The van der Waals surface area contributed by atoms with Crippen molar-refractivity contribution in [3.05, 3.63) is 41.7 Å². The minimum Gasteiger partial charge on any atom is -0.336 e. The molecule has 0 bridgehead atoms. The van der Waals surface area contributed by atoms with E-state index in [1.54, 1.807) is 27.7 Å². The van der Waals surface area contributed by atoms with Gasteiger partial charge in [-0.3, -0.25) is 14.3 Å². The topological polar surface area (TPSA) is 97.4 Å². The van der Waals surface area contributed by atoms with E-state index in [1.165, 1.54) is 0 Å².